The minimum absolute atomic E-state index is 0.362. The highest BCUT2D eigenvalue weighted by Gasteiger charge is 2.42. The second-order valence-electron chi connectivity index (χ2n) is 6.18. The summed E-state index contributed by atoms with van der Waals surface area (Å²) in [6.45, 7) is 5.83. The normalized spacial score (nSPS) is 36.7. The predicted molar refractivity (Wildman–Crippen MR) is 65.9 cm³/mol. The van der Waals surface area contributed by atoms with E-state index in [9.17, 15) is 0 Å². The van der Waals surface area contributed by atoms with Crippen molar-refractivity contribution in [2.45, 2.75) is 58.4 Å². The van der Waals surface area contributed by atoms with Crippen molar-refractivity contribution in [3.05, 3.63) is 0 Å². The molecule has 2 fully saturated rings. The van der Waals surface area contributed by atoms with Gasteiger partial charge in [-0.25, -0.2) is 0 Å². The van der Waals surface area contributed by atoms with E-state index >= 15 is 0 Å². The van der Waals surface area contributed by atoms with Crippen LogP contribution in [0.25, 0.3) is 0 Å². The van der Waals surface area contributed by atoms with Gasteiger partial charge in [-0.3, -0.25) is 0 Å². The first kappa shape index (κ1) is 11.9. The van der Waals surface area contributed by atoms with Crippen LogP contribution in [0.2, 0.25) is 0 Å². The molecule has 0 aliphatic heterocycles. The molecule has 2 aliphatic carbocycles. The Balaban J connectivity index is 1.73. The highest BCUT2D eigenvalue weighted by Crippen LogP contribution is 2.48. The van der Waals surface area contributed by atoms with Gasteiger partial charge in [0, 0.05) is 19.0 Å². The first-order valence-corrected chi connectivity index (χ1v) is 6.75. The molecule has 3 atom stereocenters. The molecular weight excluding hydrogens is 196 g/mol. The Bertz CT molecular complexity index is 275. The molecule has 3 unspecified atom stereocenters. The van der Waals surface area contributed by atoms with Crippen LogP contribution in [0.15, 0.2) is 0 Å². The SMILES string of the molecule is CC1CCC(NCC2(CC#N)CC2)CC1C. The zero-order valence-corrected chi connectivity index (χ0v) is 10.6. The van der Waals surface area contributed by atoms with Gasteiger partial charge in [-0.15, -0.1) is 0 Å². The van der Waals surface area contributed by atoms with E-state index in [0.29, 0.717) is 11.5 Å². The summed E-state index contributed by atoms with van der Waals surface area (Å²) in [5.41, 5.74) is 0.362. The molecule has 0 aromatic carbocycles. The number of nitriles is 1. The third-order valence-electron chi connectivity index (χ3n) is 4.78. The molecule has 16 heavy (non-hydrogen) atoms. The van der Waals surface area contributed by atoms with Crippen LogP contribution in [0.4, 0.5) is 0 Å². The summed E-state index contributed by atoms with van der Waals surface area (Å²) in [7, 11) is 0. The van der Waals surface area contributed by atoms with E-state index in [4.69, 9.17) is 5.26 Å². The number of nitrogens with zero attached hydrogens (tertiary/aromatic N) is 1. The maximum Gasteiger partial charge on any atom is 0.0628 e. The van der Waals surface area contributed by atoms with Crippen LogP contribution in [-0.2, 0) is 0 Å². The van der Waals surface area contributed by atoms with E-state index in [1.165, 1.54) is 32.1 Å². The van der Waals surface area contributed by atoms with Crippen molar-refractivity contribution in [3.63, 3.8) is 0 Å². The number of hydrogen-bond acceptors (Lipinski definition) is 2. The van der Waals surface area contributed by atoms with Crippen molar-refractivity contribution in [1.82, 2.24) is 5.32 Å². The molecule has 0 radical (unpaired) electrons. The monoisotopic (exact) mass is 220 g/mol. The van der Waals surface area contributed by atoms with Gasteiger partial charge >= 0.3 is 0 Å². The van der Waals surface area contributed by atoms with Crippen molar-refractivity contribution < 1.29 is 0 Å². The van der Waals surface area contributed by atoms with E-state index in [2.05, 4.69) is 25.2 Å². The van der Waals surface area contributed by atoms with Crippen LogP contribution in [0, 0.1) is 28.6 Å². The lowest BCUT2D eigenvalue weighted by atomic mass is 9.79. The highest BCUT2D eigenvalue weighted by molar-refractivity contribution is 5.01. The molecule has 0 heterocycles. The molecule has 0 amide bonds. The first-order valence-electron chi connectivity index (χ1n) is 6.75. The summed E-state index contributed by atoms with van der Waals surface area (Å²) in [6.07, 6.45) is 7.28. The Morgan fingerprint density at radius 1 is 1.25 bits per heavy atom. The summed E-state index contributed by atoms with van der Waals surface area (Å²) >= 11 is 0. The molecule has 0 aromatic heterocycles. The Morgan fingerprint density at radius 3 is 2.56 bits per heavy atom. The topological polar surface area (TPSA) is 35.8 Å². The summed E-state index contributed by atoms with van der Waals surface area (Å²) < 4.78 is 0. The number of rotatable bonds is 4. The van der Waals surface area contributed by atoms with Crippen molar-refractivity contribution in [2.75, 3.05) is 6.54 Å². The molecule has 2 rings (SSSR count). The zero-order valence-electron chi connectivity index (χ0n) is 10.6. The molecule has 2 nitrogen and oxygen atoms in total. The number of hydrogen-bond donors (Lipinski definition) is 1. The molecule has 2 heteroatoms. The van der Waals surface area contributed by atoms with Crippen molar-refractivity contribution in [1.29, 1.82) is 5.26 Å². The van der Waals surface area contributed by atoms with Gasteiger partial charge in [0.15, 0.2) is 0 Å². The molecule has 1 N–H and O–H groups in total. The fourth-order valence-electron chi connectivity index (χ4n) is 2.85. The van der Waals surface area contributed by atoms with E-state index < -0.39 is 0 Å². The molecule has 2 aliphatic rings. The van der Waals surface area contributed by atoms with E-state index in [0.717, 1.165) is 24.8 Å². The smallest absolute Gasteiger partial charge is 0.0628 e. The minimum atomic E-state index is 0.362. The van der Waals surface area contributed by atoms with Gasteiger partial charge in [0.25, 0.3) is 0 Å². The average molecular weight is 220 g/mol. The van der Waals surface area contributed by atoms with E-state index in [-0.39, 0.29) is 0 Å². The second kappa shape index (κ2) is 4.75. The molecule has 0 spiro atoms. The maximum atomic E-state index is 8.78. The van der Waals surface area contributed by atoms with Gasteiger partial charge in [0.1, 0.15) is 0 Å². The van der Waals surface area contributed by atoms with Gasteiger partial charge in [-0.05, 0) is 49.4 Å². The third-order valence-corrected chi connectivity index (χ3v) is 4.78. The molecule has 0 aromatic rings. The summed E-state index contributed by atoms with van der Waals surface area (Å²) in [5.74, 6) is 1.75. The van der Waals surface area contributed by atoms with Crippen molar-refractivity contribution in [3.8, 4) is 6.07 Å². The van der Waals surface area contributed by atoms with Gasteiger partial charge < -0.3 is 5.32 Å². The van der Waals surface area contributed by atoms with Crippen LogP contribution < -0.4 is 5.32 Å². The largest absolute Gasteiger partial charge is 0.313 e. The van der Waals surface area contributed by atoms with Gasteiger partial charge in [0.2, 0.25) is 0 Å². The third kappa shape index (κ3) is 2.77. The Kier molecular flexibility index (Phi) is 3.54. The number of nitrogens with one attached hydrogen (secondary N) is 1. The van der Waals surface area contributed by atoms with Gasteiger partial charge in [0.05, 0.1) is 6.07 Å². The first-order chi connectivity index (χ1) is 7.65. The molecule has 90 valence electrons. The fraction of sp³-hybridized carbons (Fsp3) is 0.929. The van der Waals surface area contributed by atoms with Crippen LogP contribution in [0.1, 0.15) is 52.4 Å². The standard InChI is InChI=1S/C14H24N2/c1-11-3-4-13(9-12(11)2)16-10-14(5-6-14)7-8-15/h11-13,16H,3-7,9-10H2,1-2H3. The molecular formula is C14H24N2. The zero-order chi connectivity index (χ0) is 11.6. The van der Waals surface area contributed by atoms with Crippen molar-refractivity contribution >= 4 is 0 Å². The summed E-state index contributed by atoms with van der Waals surface area (Å²) in [5, 5.41) is 12.5. The molecule has 0 saturated heterocycles. The maximum absolute atomic E-state index is 8.78. The fourth-order valence-corrected chi connectivity index (χ4v) is 2.85. The lowest BCUT2D eigenvalue weighted by molar-refractivity contribution is 0.219. The van der Waals surface area contributed by atoms with Crippen molar-refractivity contribution in [2.24, 2.45) is 17.3 Å². The summed E-state index contributed by atoms with van der Waals surface area (Å²) in [6, 6.07) is 3.04. The lowest BCUT2D eigenvalue weighted by Gasteiger charge is -2.33. The summed E-state index contributed by atoms with van der Waals surface area (Å²) in [4.78, 5) is 0. The van der Waals surface area contributed by atoms with Gasteiger partial charge in [-0.2, -0.15) is 5.26 Å². The van der Waals surface area contributed by atoms with Crippen LogP contribution in [-0.4, -0.2) is 12.6 Å². The average Bonchev–Trinajstić information content (AvgIpc) is 3.01. The van der Waals surface area contributed by atoms with Crippen LogP contribution >= 0.6 is 0 Å². The van der Waals surface area contributed by atoms with Crippen LogP contribution in [0.5, 0.6) is 0 Å². The van der Waals surface area contributed by atoms with Gasteiger partial charge in [-0.1, -0.05) is 13.8 Å². The molecule has 2 saturated carbocycles. The van der Waals surface area contributed by atoms with E-state index in [1.807, 2.05) is 0 Å². The lowest BCUT2D eigenvalue weighted by Crippen LogP contribution is -2.39. The Labute approximate surface area is 99.4 Å². The Hall–Kier alpha value is -0.550. The Morgan fingerprint density at radius 2 is 2.00 bits per heavy atom. The predicted octanol–water partition coefficient (Wildman–Crippen LogP) is 3.09. The second-order valence-corrected chi connectivity index (χ2v) is 6.18. The highest BCUT2D eigenvalue weighted by atomic mass is 14.9. The quantitative estimate of drug-likeness (QED) is 0.790. The van der Waals surface area contributed by atoms with Crippen LogP contribution in [0.3, 0.4) is 0 Å². The van der Waals surface area contributed by atoms with E-state index in [1.54, 1.807) is 0 Å². The molecule has 0 bridgehead atoms. The minimum Gasteiger partial charge on any atom is -0.313 e.